The molecule has 108 valence electrons. The molecule has 0 saturated carbocycles. The second-order valence-corrected chi connectivity index (χ2v) is 9.83. The summed E-state index contributed by atoms with van der Waals surface area (Å²) in [5, 5.41) is 0.0317. The summed E-state index contributed by atoms with van der Waals surface area (Å²) in [7, 11) is -2.63. The summed E-state index contributed by atoms with van der Waals surface area (Å²) in [6.07, 6.45) is 3.78. The molecule has 0 aliphatic rings. The molecule has 5 heteroatoms. The molecule has 0 aliphatic heterocycles. The molecule has 0 atom stereocenters. The first-order chi connectivity index (χ1) is 10.00. The standard InChI is InChI=1S/C16H18N2O2Si/c1-21(2,15(19)11-13-7-3-5-9-17-13)16(20)12-14-8-4-6-10-18-14/h3-10H,11-12H2,1-2H3. The lowest BCUT2D eigenvalue weighted by atomic mass is 10.3. The van der Waals surface area contributed by atoms with Crippen molar-refractivity contribution in [3.63, 3.8) is 0 Å². The molecule has 2 aromatic heterocycles. The molecule has 0 fully saturated rings. The van der Waals surface area contributed by atoms with Gasteiger partial charge in [-0.2, -0.15) is 0 Å². The Bertz CT molecular complexity index is 572. The third-order valence-electron chi connectivity index (χ3n) is 3.53. The van der Waals surface area contributed by atoms with Crippen LogP contribution >= 0.6 is 0 Å². The zero-order chi connectivity index (χ0) is 15.3. The Morgan fingerprint density at radius 3 is 1.62 bits per heavy atom. The van der Waals surface area contributed by atoms with Gasteiger partial charge in [0.25, 0.3) is 0 Å². The van der Waals surface area contributed by atoms with Crippen molar-refractivity contribution in [2.45, 2.75) is 25.9 Å². The van der Waals surface area contributed by atoms with Gasteiger partial charge in [0, 0.05) is 36.6 Å². The molecule has 0 bridgehead atoms. The predicted molar refractivity (Wildman–Crippen MR) is 83.4 cm³/mol. The zero-order valence-electron chi connectivity index (χ0n) is 12.2. The van der Waals surface area contributed by atoms with Crippen LogP contribution in [0, 0.1) is 0 Å². The molecule has 0 aliphatic carbocycles. The summed E-state index contributed by atoms with van der Waals surface area (Å²) in [6.45, 7) is 3.62. The number of aromatic nitrogens is 2. The summed E-state index contributed by atoms with van der Waals surface area (Å²) in [4.78, 5) is 33.2. The van der Waals surface area contributed by atoms with E-state index in [1.165, 1.54) is 0 Å². The van der Waals surface area contributed by atoms with Gasteiger partial charge < -0.3 is 9.59 Å². The smallest absolute Gasteiger partial charge is 0.203 e. The van der Waals surface area contributed by atoms with Crippen molar-refractivity contribution < 1.29 is 9.59 Å². The van der Waals surface area contributed by atoms with Crippen molar-refractivity contribution in [2.75, 3.05) is 0 Å². The molecule has 0 N–H and O–H groups in total. The van der Waals surface area contributed by atoms with Gasteiger partial charge in [0.15, 0.2) is 0 Å². The maximum Gasteiger partial charge on any atom is 0.203 e. The van der Waals surface area contributed by atoms with Gasteiger partial charge in [0.1, 0.15) is 10.8 Å². The summed E-state index contributed by atoms with van der Waals surface area (Å²) < 4.78 is 0. The van der Waals surface area contributed by atoms with Gasteiger partial charge in [-0.15, -0.1) is 0 Å². The molecular weight excluding hydrogens is 280 g/mol. The molecule has 0 unspecified atom stereocenters. The fourth-order valence-corrected chi connectivity index (χ4v) is 3.49. The van der Waals surface area contributed by atoms with E-state index < -0.39 is 8.07 Å². The number of hydrogen-bond acceptors (Lipinski definition) is 4. The highest BCUT2D eigenvalue weighted by Gasteiger charge is 2.38. The minimum atomic E-state index is -2.63. The number of hydrogen-bond donors (Lipinski definition) is 0. The van der Waals surface area contributed by atoms with Crippen LogP contribution in [0.2, 0.25) is 13.1 Å². The third kappa shape index (κ3) is 3.92. The van der Waals surface area contributed by atoms with Crippen LogP contribution in [-0.2, 0) is 22.4 Å². The van der Waals surface area contributed by atoms with Crippen LogP contribution in [0.3, 0.4) is 0 Å². The summed E-state index contributed by atoms with van der Waals surface area (Å²) in [6, 6.07) is 10.9. The lowest BCUT2D eigenvalue weighted by Crippen LogP contribution is -2.48. The van der Waals surface area contributed by atoms with Gasteiger partial charge in [0.2, 0.25) is 8.07 Å². The fourth-order valence-electron chi connectivity index (χ4n) is 1.93. The van der Waals surface area contributed by atoms with Crippen LogP contribution < -0.4 is 0 Å². The molecule has 2 rings (SSSR count). The molecule has 2 heterocycles. The normalized spacial score (nSPS) is 11.1. The van der Waals surface area contributed by atoms with Crippen molar-refractivity contribution in [3.8, 4) is 0 Å². The lowest BCUT2D eigenvalue weighted by molar-refractivity contribution is -0.115. The van der Waals surface area contributed by atoms with Gasteiger partial charge in [-0.25, -0.2) is 0 Å². The topological polar surface area (TPSA) is 59.9 Å². The number of carbonyl (C=O) groups is 2. The van der Waals surface area contributed by atoms with Gasteiger partial charge in [-0.3, -0.25) is 9.97 Å². The number of carbonyl (C=O) groups excluding carboxylic acids is 2. The highest BCUT2D eigenvalue weighted by Crippen LogP contribution is 2.12. The first-order valence-corrected chi connectivity index (χ1v) is 9.86. The molecule has 2 aromatic rings. The second kappa shape index (κ2) is 6.54. The Balaban J connectivity index is 2.06. The van der Waals surface area contributed by atoms with Crippen LogP contribution in [-0.4, -0.2) is 28.9 Å². The van der Waals surface area contributed by atoms with Crippen molar-refractivity contribution in [2.24, 2.45) is 0 Å². The van der Waals surface area contributed by atoms with E-state index in [9.17, 15) is 9.59 Å². The largest absolute Gasteiger partial charge is 0.304 e. The van der Waals surface area contributed by atoms with E-state index >= 15 is 0 Å². The Morgan fingerprint density at radius 2 is 1.29 bits per heavy atom. The summed E-state index contributed by atoms with van der Waals surface area (Å²) in [5.74, 6) is 0. The number of rotatable bonds is 6. The molecule has 0 saturated heterocycles. The molecule has 0 radical (unpaired) electrons. The lowest BCUT2D eigenvalue weighted by Gasteiger charge is -2.18. The Morgan fingerprint density at radius 1 is 0.857 bits per heavy atom. The predicted octanol–water partition coefficient (Wildman–Crippen LogP) is 2.19. The Kier molecular flexibility index (Phi) is 4.75. The average Bonchev–Trinajstić information content (AvgIpc) is 2.49. The van der Waals surface area contributed by atoms with E-state index in [1.54, 1.807) is 12.4 Å². The van der Waals surface area contributed by atoms with Gasteiger partial charge in [0.05, 0.1) is 0 Å². The van der Waals surface area contributed by atoms with Gasteiger partial charge in [-0.1, -0.05) is 25.2 Å². The summed E-state index contributed by atoms with van der Waals surface area (Å²) in [5.41, 5.74) is 1.43. The second-order valence-electron chi connectivity index (χ2n) is 5.47. The van der Waals surface area contributed by atoms with Crippen LogP contribution in [0.4, 0.5) is 0 Å². The Labute approximate surface area is 125 Å². The van der Waals surface area contributed by atoms with E-state index in [4.69, 9.17) is 0 Å². The highest BCUT2D eigenvalue weighted by atomic mass is 28.3. The van der Waals surface area contributed by atoms with E-state index in [-0.39, 0.29) is 23.7 Å². The monoisotopic (exact) mass is 298 g/mol. The minimum absolute atomic E-state index is 0.0159. The first kappa shape index (κ1) is 15.2. The molecule has 0 aromatic carbocycles. The molecule has 4 nitrogen and oxygen atoms in total. The maximum absolute atomic E-state index is 12.4. The van der Waals surface area contributed by atoms with E-state index in [1.807, 2.05) is 49.5 Å². The summed E-state index contributed by atoms with van der Waals surface area (Å²) >= 11 is 0. The molecule has 21 heavy (non-hydrogen) atoms. The zero-order valence-corrected chi connectivity index (χ0v) is 13.2. The van der Waals surface area contributed by atoms with Gasteiger partial charge >= 0.3 is 0 Å². The fraction of sp³-hybridized carbons (Fsp3) is 0.250. The van der Waals surface area contributed by atoms with Crippen LogP contribution in [0.1, 0.15) is 11.4 Å². The van der Waals surface area contributed by atoms with E-state index in [0.29, 0.717) is 11.4 Å². The van der Waals surface area contributed by atoms with Crippen LogP contribution in [0.5, 0.6) is 0 Å². The number of pyridine rings is 2. The Hall–Kier alpha value is -2.14. The van der Waals surface area contributed by atoms with Crippen molar-refractivity contribution in [1.82, 2.24) is 9.97 Å². The van der Waals surface area contributed by atoms with E-state index in [0.717, 1.165) is 0 Å². The SMILES string of the molecule is C[Si](C)(C(=O)Cc1ccccn1)C(=O)Cc1ccccn1. The first-order valence-electron chi connectivity index (χ1n) is 6.86. The average molecular weight is 298 g/mol. The van der Waals surface area contributed by atoms with Crippen molar-refractivity contribution in [1.29, 1.82) is 0 Å². The van der Waals surface area contributed by atoms with Crippen LogP contribution in [0.25, 0.3) is 0 Å². The van der Waals surface area contributed by atoms with Crippen molar-refractivity contribution in [3.05, 3.63) is 60.2 Å². The van der Waals surface area contributed by atoms with E-state index in [2.05, 4.69) is 9.97 Å². The highest BCUT2D eigenvalue weighted by molar-refractivity contribution is 7.23. The number of nitrogens with zero attached hydrogens (tertiary/aromatic N) is 2. The molecule has 0 spiro atoms. The molecular formula is C16H18N2O2Si. The van der Waals surface area contributed by atoms with Gasteiger partial charge in [-0.05, 0) is 24.3 Å². The third-order valence-corrected chi connectivity index (χ3v) is 6.67. The van der Waals surface area contributed by atoms with Crippen molar-refractivity contribution >= 4 is 18.9 Å². The van der Waals surface area contributed by atoms with Crippen LogP contribution in [0.15, 0.2) is 48.8 Å². The quantitative estimate of drug-likeness (QED) is 0.767. The molecule has 0 amide bonds. The maximum atomic E-state index is 12.4. The minimum Gasteiger partial charge on any atom is -0.304 e.